The summed E-state index contributed by atoms with van der Waals surface area (Å²) < 4.78 is 53.4. The van der Waals surface area contributed by atoms with Crippen molar-refractivity contribution in [2.45, 2.75) is 45.3 Å². The summed E-state index contributed by atoms with van der Waals surface area (Å²) in [6.45, 7) is 6.69. The van der Waals surface area contributed by atoms with Crippen LogP contribution in [0.4, 0.5) is 17.6 Å². The second kappa shape index (κ2) is 10.2. The SMILES string of the molecule is CC(C)(C)c1ccc(CN(CCc2ccc(F)c(C(F)(F)F)c2)C(=O)c2cc(Cl)cc3cc[nH]c23)cc1. The number of benzene rings is 3. The smallest absolute Gasteiger partial charge is 0.361 e. The van der Waals surface area contributed by atoms with Gasteiger partial charge in [0, 0.05) is 29.7 Å². The number of hydrogen-bond acceptors (Lipinski definition) is 1. The molecule has 0 atom stereocenters. The standard InChI is InChI=1S/C29H27ClF4N2O/c1-28(2,3)21-7-4-19(5-8-21)17-36(13-11-18-6-9-25(31)24(14-18)29(32,33)34)27(37)23-16-22(30)15-20-10-12-35-26(20)23/h4-10,12,14-16,35H,11,13,17H2,1-3H3. The van der Waals surface area contributed by atoms with Gasteiger partial charge in [-0.2, -0.15) is 13.2 Å². The van der Waals surface area contributed by atoms with Crippen molar-refractivity contribution in [3.63, 3.8) is 0 Å². The Morgan fingerprint density at radius 3 is 2.27 bits per heavy atom. The van der Waals surface area contributed by atoms with Gasteiger partial charge >= 0.3 is 6.18 Å². The fraction of sp³-hybridized carbons (Fsp3) is 0.276. The summed E-state index contributed by atoms with van der Waals surface area (Å²) in [6.07, 6.45) is -2.97. The molecule has 4 aromatic rings. The third-order valence-electron chi connectivity index (χ3n) is 6.34. The Morgan fingerprint density at radius 1 is 0.946 bits per heavy atom. The van der Waals surface area contributed by atoms with E-state index in [1.54, 1.807) is 23.2 Å². The minimum Gasteiger partial charge on any atom is -0.361 e. The zero-order valence-electron chi connectivity index (χ0n) is 20.7. The van der Waals surface area contributed by atoms with Gasteiger partial charge in [-0.3, -0.25) is 4.79 Å². The van der Waals surface area contributed by atoms with E-state index in [1.807, 2.05) is 30.3 Å². The number of carbonyl (C=O) groups is 1. The third kappa shape index (κ3) is 6.16. The van der Waals surface area contributed by atoms with Crippen molar-refractivity contribution in [3.8, 4) is 0 Å². The normalized spacial score (nSPS) is 12.2. The lowest BCUT2D eigenvalue weighted by Crippen LogP contribution is -2.33. The Balaban J connectivity index is 1.65. The first-order valence-electron chi connectivity index (χ1n) is 11.8. The molecule has 4 rings (SSSR count). The van der Waals surface area contributed by atoms with Crippen molar-refractivity contribution in [1.82, 2.24) is 9.88 Å². The largest absolute Gasteiger partial charge is 0.419 e. The third-order valence-corrected chi connectivity index (χ3v) is 6.56. The predicted octanol–water partition coefficient (Wildman–Crippen LogP) is 8.16. The maximum absolute atomic E-state index is 13.8. The van der Waals surface area contributed by atoms with Crippen molar-refractivity contribution in [3.05, 3.63) is 106 Å². The lowest BCUT2D eigenvalue weighted by atomic mass is 9.87. The molecule has 0 aliphatic heterocycles. The Morgan fingerprint density at radius 2 is 1.62 bits per heavy atom. The average molecular weight is 531 g/mol. The van der Waals surface area contributed by atoms with E-state index in [0.29, 0.717) is 16.1 Å². The van der Waals surface area contributed by atoms with E-state index >= 15 is 0 Å². The molecular weight excluding hydrogens is 504 g/mol. The summed E-state index contributed by atoms with van der Waals surface area (Å²) in [7, 11) is 0. The van der Waals surface area contributed by atoms with E-state index in [1.165, 1.54) is 6.07 Å². The molecule has 194 valence electrons. The van der Waals surface area contributed by atoms with E-state index in [-0.39, 0.29) is 36.4 Å². The van der Waals surface area contributed by atoms with Crippen LogP contribution in [0.3, 0.4) is 0 Å². The highest BCUT2D eigenvalue weighted by molar-refractivity contribution is 6.32. The number of carbonyl (C=O) groups excluding carboxylic acids is 1. The van der Waals surface area contributed by atoms with Gasteiger partial charge in [-0.1, -0.05) is 62.7 Å². The number of fused-ring (bicyclic) bond motifs is 1. The molecule has 3 nitrogen and oxygen atoms in total. The van der Waals surface area contributed by atoms with Crippen LogP contribution in [0.5, 0.6) is 0 Å². The van der Waals surface area contributed by atoms with E-state index < -0.39 is 17.6 Å². The van der Waals surface area contributed by atoms with Crippen LogP contribution in [0.1, 0.15) is 53.4 Å². The van der Waals surface area contributed by atoms with Gasteiger partial charge in [0.1, 0.15) is 5.82 Å². The number of hydrogen-bond donors (Lipinski definition) is 1. The number of H-pyrrole nitrogens is 1. The molecule has 0 aliphatic carbocycles. The molecule has 0 radical (unpaired) electrons. The average Bonchev–Trinajstić information content (AvgIpc) is 3.29. The molecule has 0 saturated carbocycles. The van der Waals surface area contributed by atoms with Gasteiger partial charge < -0.3 is 9.88 Å². The second-order valence-corrected chi connectivity index (χ2v) is 10.6. The van der Waals surface area contributed by atoms with Gasteiger partial charge in [-0.15, -0.1) is 0 Å². The number of nitrogens with one attached hydrogen (secondary N) is 1. The quantitative estimate of drug-likeness (QED) is 0.251. The number of aromatic nitrogens is 1. The van der Waals surface area contributed by atoms with E-state index in [4.69, 9.17) is 11.6 Å². The number of aromatic amines is 1. The van der Waals surface area contributed by atoms with Crippen molar-refractivity contribution in [2.75, 3.05) is 6.54 Å². The number of nitrogens with zero attached hydrogens (tertiary/aromatic N) is 1. The van der Waals surface area contributed by atoms with Crippen LogP contribution >= 0.6 is 11.6 Å². The highest BCUT2D eigenvalue weighted by Crippen LogP contribution is 2.32. The molecule has 0 aliphatic rings. The Labute approximate surface area is 218 Å². The number of halogens is 5. The monoisotopic (exact) mass is 530 g/mol. The van der Waals surface area contributed by atoms with Crippen LogP contribution in [0.25, 0.3) is 10.9 Å². The Bertz CT molecular complexity index is 1420. The molecule has 3 aromatic carbocycles. The predicted molar refractivity (Wildman–Crippen MR) is 138 cm³/mol. The molecule has 0 spiro atoms. The first-order chi connectivity index (χ1) is 17.3. The van der Waals surface area contributed by atoms with Crippen LogP contribution in [0.15, 0.2) is 66.9 Å². The zero-order valence-corrected chi connectivity index (χ0v) is 21.5. The number of alkyl halides is 3. The summed E-state index contributed by atoms with van der Waals surface area (Å²) in [4.78, 5) is 18.4. The van der Waals surface area contributed by atoms with Gasteiger partial charge in [0.25, 0.3) is 5.91 Å². The molecule has 1 N–H and O–H groups in total. The number of amides is 1. The van der Waals surface area contributed by atoms with Crippen LogP contribution in [-0.2, 0) is 24.6 Å². The second-order valence-electron chi connectivity index (χ2n) is 10.1. The van der Waals surface area contributed by atoms with E-state index in [0.717, 1.165) is 28.6 Å². The van der Waals surface area contributed by atoms with Crippen molar-refractivity contribution >= 4 is 28.4 Å². The maximum atomic E-state index is 13.8. The Kier molecular flexibility index (Phi) is 7.38. The number of rotatable bonds is 6. The zero-order chi connectivity index (χ0) is 27.0. The molecule has 1 heterocycles. The molecule has 0 saturated heterocycles. The fourth-order valence-corrected chi connectivity index (χ4v) is 4.49. The van der Waals surface area contributed by atoms with E-state index in [9.17, 15) is 22.4 Å². The Hall–Kier alpha value is -3.32. The fourth-order valence-electron chi connectivity index (χ4n) is 4.27. The summed E-state index contributed by atoms with van der Waals surface area (Å²) in [5.74, 6) is -1.64. The molecule has 8 heteroatoms. The first-order valence-corrected chi connectivity index (χ1v) is 12.2. The van der Waals surface area contributed by atoms with Crippen LogP contribution in [0, 0.1) is 5.82 Å². The first kappa shape index (κ1) is 26.7. The van der Waals surface area contributed by atoms with Gasteiger partial charge in [-0.25, -0.2) is 4.39 Å². The summed E-state index contributed by atoms with van der Waals surface area (Å²) in [5, 5.41) is 1.18. The summed E-state index contributed by atoms with van der Waals surface area (Å²) >= 11 is 6.27. The van der Waals surface area contributed by atoms with Gasteiger partial charge in [-0.05, 0) is 58.9 Å². The maximum Gasteiger partial charge on any atom is 0.419 e. The summed E-state index contributed by atoms with van der Waals surface area (Å²) in [5.41, 5.74) is 1.95. The van der Waals surface area contributed by atoms with E-state index in [2.05, 4.69) is 25.8 Å². The molecule has 0 unspecified atom stereocenters. The lowest BCUT2D eigenvalue weighted by molar-refractivity contribution is -0.140. The minimum absolute atomic E-state index is 0.0349. The summed E-state index contributed by atoms with van der Waals surface area (Å²) in [6, 6.07) is 16.0. The molecule has 1 amide bonds. The molecule has 1 aromatic heterocycles. The molecular formula is C29H27ClF4N2O. The lowest BCUT2D eigenvalue weighted by Gasteiger charge is -2.25. The molecule has 0 bridgehead atoms. The van der Waals surface area contributed by atoms with Gasteiger partial charge in [0.15, 0.2) is 0 Å². The molecule has 0 fully saturated rings. The van der Waals surface area contributed by atoms with Crippen molar-refractivity contribution in [1.29, 1.82) is 0 Å². The van der Waals surface area contributed by atoms with Crippen molar-refractivity contribution in [2.24, 2.45) is 0 Å². The van der Waals surface area contributed by atoms with Crippen LogP contribution in [0.2, 0.25) is 5.02 Å². The van der Waals surface area contributed by atoms with Gasteiger partial charge in [0.05, 0.1) is 16.6 Å². The minimum atomic E-state index is -4.80. The molecule has 37 heavy (non-hydrogen) atoms. The van der Waals surface area contributed by atoms with Crippen molar-refractivity contribution < 1.29 is 22.4 Å². The van der Waals surface area contributed by atoms with Crippen LogP contribution < -0.4 is 0 Å². The van der Waals surface area contributed by atoms with Gasteiger partial charge in [0.2, 0.25) is 0 Å². The highest BCUT2D eigenvalue weighted by atomic mass is 35.5. The highest BCUT2D eigenvalue weighted by Gasteiger charge is 2.34. The topological polar surface area (TPSA) is 36.1 Å². The van der Waals surface area contributed by atoms with Crippen LogP contribution in [-0.4, -0.2) is 22.3 Å².